The lowest BCUT2D eigenvalue weighted by Crippen LogP contribution is -2.44. The third-order valence-electron chi connectivity index (χ3n) is 4.45. The van der Waals surface area contributed by atoms with Crippen molar-refractivity contribution >= 4 is 13.3 Å². The molecule has 0 amide bonds. The summed E-state index contributed by atoms with van der Waals surface area (Å²) in [5.74, 6) is 0.566. The van der Waals surface area contributed by atoms with Gasteiger partial charge in [-0.1, -0.05) is 78.9 Å². The molecule has 0 unspecified atom stereocenters. The first kappa shape index (κ1) is 14.1. The second-order valence-electron chi connectivity index (χ2n) is 6.22. The van der Waals surface area contributed by atoms with E-state index < -0.39 is 8.07 Å². The molecule has 2 heteroatoms. The number of rotatable bonds is 4. The van der Waals surface area contributed by atoms with Crippen LogP contribution in [0.2, 0.25) is 13.1 Å². The standard InChI is InChI=1S/C19H22OSi/c1-20-19(21(2,3)16-12-8-5-9-13-16)18-14-17(18)15-10-6-4-7-11-15/h4-13,17H,14H2,1-3H3/b19-18+/t17-/m1/s1. The molecule has 3 rings (SSSR count). The molecule has 0 aliphatic heterocycles. The van der Waals surface area contributed by atoms with Crippen LogP contribution in [-0.4, -0.2) is 15.2 Å². The van der Waals surface area contributed by atoms with E-state index in [1.165, 1.54) is 21.7 Å². The fourth-order valence-corrected chi connectivity index (χ4v) is 6.07. The molecule has 0 N–H and O–H groups in total. The molecule has 1 fully saturated rings. The van der Waals surface area contributed by atoms with Crippen LogP contribution in [0.3, 0.4) is 0 Å². The quantitative estimate of drug-likeness (QED) is 0.606. The Labute approximate surface area is 128 Å². The van der Waals surface area contributed by atoms with Crippen molar-refractivity contribution < 1.29 is 4.74 Å². The maximum atomic E-state index is 5.89. The van der Waals surface area contributed by atoms with Crippen molar-refractivity contribution in [1.29, 1.82) is 0 Å². The van der Waals surface area contributed by atoms with Crippen molar-refractivity contribution in [1.82, 2.24) is 0 Å². The number of ether oxygens (including phenoxy) is 1. The van der Waals surface area contributed by atoms with Gasteiger partial charge in [0.25, 0.3) is 0 Å². The molecule has 0 spiro atoms. The normalized spacial score (nSPS) is 20.0. The zero-order chi connectivity index (χ0) is 14.9. The van der Waals surface area contributed by atoms with E-state index in [-0.39, 0.29) is 0 Å². The molecule has 1 saturated carbocycles. The first-order valence-electron chi connectivity index (χ1n) is 7.52. The summed E-state index contributed by atoms with van der Waals surface area (Å²) in [5, 5.41) is 2.70. The lowest BCUT2D eigenvalue weighted by Gasteiger charge is -2.25. The molecular formula is C19H22OSi. The SMILES string of the molecule is CO/C(=C1/C[C@@H]1c1ccccc1)[Si](C)(C)c1ccccc1. The van der Waals surface area contributed by atoms with Gasteiger partial charge in [0, 0.05) is 5.92 Å². The van der Waals surface area contributed by atoms with E-state index in [4.69, 9.17) is 4.74 Å². The molecule has 108 valence electrons. The van der Waals surface area contributed by atoms with Crippen LogP contribution in [-0.2, 0) is 4.74 Å². The Hall–Kier alpha value is -1.80. The highest BCUT2D eigenvalue weighted by atomic mass is 28.3. The highest BCUT2D eigenvalue weighted by Gasteiger charge is 2.41. The van der Waals surface area contributed by atoms with Gasteiger partial charge in [-0.15, -0.1) is 0 Å². The molecule has 0 bridgehead atoms. The molecule has 0 radical (unpaired) electrons. The first-order chi connectivity index (χ1) is 10.1. The summed E-state index contributed by atoms with van der Waals surface area (Å²) in [6, 6.07) is 21.6. The fourth-order valence-electron chi connectivity index (χ4n) is 3.19. The van der Waals surface area contributed by atoms with Crippen LogP contribution >= 0.6 is 0 Å². The number of allylic oxidation sites excluding steroid dienone is 1. The molecule has 1 nitrogen and oxygen atoms in total. The van der Waals surface area contributed by atoms with Gasteiger partial charge >= 0.3 is 0 Å². The summed E-state index contributed by atoms with van der Waals surface area (Å²) in [4.78, 5) is 0. The van der Waals surface area contributed by atoms with Gasteiger partial charge in [-0.05, 0) is 17.6 Å². The predicted octanol–water partition coefficient (Wildman–Crippen LogP) is 4.23. The van der Waals surface area contributed by atoms with Gasteiger partial charge in [-0.3, -0.25) is 0 Å². The van der Waals surface area contributed by atoms with Gasteiger partial charge in [-0.25, -0.2) is 0 Å². The minimum atomic E-state index is -1.73. The third-order valence-corrected chi connectivity index (χ3v) is 7.88. The fraction of sp³-hybridized carbons (Fsp3) is 0.263. The average Bonchev–Trinajstić information content (AvgIpc) is 3.30. The Balaban J connectivity index is 1.95. The molecule has 1 aliphatic carbocycles. The molecule has 0 aromatic heterocycles. The predicted molar refractivity (Wildman–Crippen MR) is 91.4 cm³/mol. The molecular weight excluding hydrogens is 272 g/mol. The molecule has 21 heavy (non-hydrogen) atoms. The van der Waals surface area contributed by atoms with Crippen LogP contribution in [0, 0.1) is 0 Å². The van der Waals surface area contributed by atoms with Gasteiger partial charge < -0.3 is 4.74 Å². The Morgan fingerprint density at radius 1 is 0.952 bits per heavy atom. The zero-order valence-electron chi connectivity index (χ0n) is 13.0. The van der Waals surface area contributed by atoms with Crippen molar-refractivity contribution in [2.24, 2.45) is 0 Å². The third kappa shape index (κ3) is 2.68. The molecule has 0 heterocycles. The van der Waals surface area contributed by atoms with Crippen LogP contribution < -0.4 is 5.19 Å². The summed E-state index contributed by atoms with van der Waals surface area (Å²) in [7, 11) is 0.107. The zero-order valence-corrected chi connectivity index (χ0v) is 14.0. The van der Waals surface area contributed by atoms with Gasteiger partial charge in [0.15, 0.2) is 8.07 Å². The van der Waals surface area contributed by atoms with E-state index in [0.29, 0.717) is 5.92 Å². The minimum Gasteiger partial charge on any atom is -0.506 e. The largest absolute Gasteiger partial charge is 0.506 e. The summed E-state index contributed by atoms with van der Waals surface area (Å²) >= 11 is 0. The molecule has 2 aromatic carbocycles. The molecule has 1 aliphatic rings. The monoisotopic (exact) mass is 294 g/mol. The number of benzene rings is 2. The maximum absolute atomic E-state index is 5.89. The van der Waals surface area contributed by atoms with E-state index in [2.05, 4.69) is 73.8 Å². The maximum Gasteiger partial charge on any atom is 0.155 e. The first-order valence-corrected chi connectivity index (χ1v) is 10.5. The summed E-state index contributed by atoms with van der Waals surface area (Å²) in [5.41, 5.74) is 2.92. The van der Waals surface area contributed by atoms with E-state index >= 15 is 0 Å². The van der Waals surface area contributed by atoms with Crippen molar-refractivity contribution in [3.63, 3.8) is 0 Å². The van der Waals surface area contributed by atoms with Crippen LogP contribution in [0.25, 0.3) is 0 Å². The molecule has 1 atom stereocenters. The smallest absolute Gasteiger partial charge is 0.155 e. The Morgan fingerprint density at radius 3 is 2.10 bits per heavy atom. The minimum absolute atomic E-state index is 0.566. The Morgan fingerprint density at radius 2 is 1.52 bits per heavy atom. The topological polar surface area (TPSA) is 9.23 Å². The number of hydrogen-bond donors (Lipinski definition) is 0. The lowest BCUT2D eigenvalue weighted by atomic mass is 10.1. The lowest BCUT2D eigenvalue weighted by molar-refractivity contribution is 0.314. The summed E-state index contributed by atoms with van der Waals surface area (Å²) < 4.78 is 5.89. The van der Waals surface area contributed by atoms with Crippen LogP contribution in [0.15, 0.2) is 71.6 Å². The van der Waals surface area contributed by atoms with Crippen molar-refractivity contribution in [2.75, 3.05) is 7.11 Å². The Kier molecular flexibility index (Phi) is 3.73. The average molecular weight is 294 g/mol. The number of hydrogen-bond acceptors (Lipinski definition) is 1. The van der Waals surface area contributed by atoms with Gasteiger partial charge in [0.1, 0.15) is 0 Å². The van der Waals surface area contributed by atoms with E-state index in [1.54, 1.807) is 0 Å². The Bertz CT molecular complexity index is 644. The van der Waals surface area contributed by atoms with Crippen LogP contribution in [0.5, 0.6) is 0 Å². The van der Waals surface area contributed by atoms with Crippen molar-refractivity contribution in [3.05, 3.63) is 77.2 Å². The van der Waals surface area contributed by atoms with Gasteiger partial charge in [-0.2, -0.15) is 0 Å². The van der Waals surface area contributed by atoms with Crippen LogP contribution in [0.1, 0.15) is 17.9 Å². The molecule has 2 aromatic rings. The number of methoxy groups -OCH3 is 1. The van der Waals surface area contributed by atoms with Crippen LogP contribution in [0.4, 0.5) is 0 Å². The second kappa shape index (κ2) is 5.53. The van der Waals surface area contributed by atoms with Gasteiger partial charge in [0.2, 0.25) is 0 Å². The summed E-state index contributed by atoms with van der Waals surface area (Å²) in [6.07, 6.45) is 1.15. The van der Waals surface area contributed by atoms with Crippen molar-refractivity contribution in [2.45, 2.75) is 25.4 Å². The highest BCUT2D eigenvalue weighted by Crippen LogP contribution is 2.50. The van der Waals surface area contributed by atoms with Gasteiger partial charge in [0.05, 0.1) is 12.5 Å². The second-order valence-corrected chi connectivity index (χ2v) is 10.5. The van der Waals surface area contributed by atoms with Crippen molar-refractivity contribution in [3.8, 4) is 0 Å². The summed E-state index contributed by atoms with van der Waals surface area (Å²) in [6.45, 7) is 4.77. The highest BCUT2D eigenvalue weighted by molar-refractivity contribution is 6.95. The molecule has 0 saturated heterocycles. The van der Waals surface area contributed by atoms with E-state index in [9.17, 15) is 0 Å². The van der Waals surface area contributed by atoms with E-state index in [1.807, 2.05) is 7.11 Å². The van der Waals surface area contributed by atoms with E-state index in [0.717, 1.165) is 6.42 Å².